The number of Topliss-reactive ketones (excluding diaryl/α,β-unsaturated/α-hetero) is 2. The van der Waals surface area contributed by atoms with Gasteiger partial charge in [0.25, 0.3) is 11.7 Å². The van der Waals surface area contributed by atoms with Crippen LogP contribution in [0.5, 0.6) is 0 Å². The van der Waals surface area contributed by atoms with Crippen LogP contribution in [0.1, 0.15) is 28.4 Å². The van der Waals surface area contributed by atoms with Gasteiger partial charge in [-0.05, 0) is 31.9 Å². The average molecular weight is 231 g/mol. The monoisotopic (exact) mass is 231 g/mol. The quantitative estimate of drug-likeness (QED) is 0.723. The van der Waals surface area contributed by atoms with Crippen molar-refractivity contribution in [3.05, 3.63) is 28.8 Å². The largest absolute Gasteiger partial charge is 0.299 e. The minimum atomic E-state index is -0.604. The molecular weight excluding hydrogens is 218 g/mol. The Morgan fingerprint density at radius 3 is 2.35 bits per heavy atom. The highest BCUT2D eigenvalue weighted by Crippen LogP contribution is 2.34. The normalized spacial score (nSPS) is 14.2. The Balaban J connectivity index is 2.63. The summed E-state index contributed by atoms with van der Waals surface area (Å²) in [5.74, 6) is -1.25. The van der Waals surface area contributed by atoms with Crippen molar-refractivity contribution < 1.29 is 14.4 Å². The summed E-state index contributed by atoms with van der Waals surface area (Å²) in [5, 5.41) is 0. The fourth-order valence-electron chi connectivity index (χ4n) is 2.14. The second-order valence-electron chi connectivity index (χ2n) is 4.35. The van der Waals surface area contributed by atoms with Gasteiger partial charge in [-0.15, -0.1) is 0 Å². The average Bonchev–Trinajstić information content (AvgIpc) is 2.49. The summed E-state index contributed by atoms with van der Waals surface area (Å²) in [5.41, 5.74) is 2.65. The maximum atomic E-state index is 11.9. The topological polar surface area (TPSA) is 54.5 Å². The number of nitrogens with zero attached hydrogens (tertiary/aromatic N) is 1. The number of amides is 1. The van der Waals surface area contributed by atoms with Gasteiger partial charge < -0.3 is 0 Å². The van der Waals surface area contributed by atoms with Crippen molar-refractivity contribution in [1.29, 1.82) is 0 Å². The summed E-state index contributed by atoms with van der Waals surface area (Å²) in [4.78, 5) is 36.1. The standard InChI is InChI=1S/C13H13NO3/c1-7-4-5-8(2)11-10(7)12(16)13(17)14(11)6-9(3)15/h4-5H,6H2,1-3H3. The molecule has 88 valence electrons. The van der Waals surface area contributed by atoms with Gasteiger partial charge in [-0.25, -0.2) is 0 Å². The SMILES string of the molecule is CC(=O)CN1C(=O)C(=O)c2c(C)ccc(C)c21. The molecule has 0 atom stereocenters. The predicted molar refractivity (Wildman–Crippen MR) is 63.3 cm³/mol. The van der Waals surface area contributed by atoms with E-state index >= 15 is 0 Å². The molecule has 1 aliphatic heterocycles. The van der Waals surface area contributed by atoms with Crippen LogP contribution in [0.15, 0.2) is 12.1 Å². The fraction of sp³-hybridized carbons (Fsp3) is 0.308. The minimum absolute atomic E-state index is 0.0398. The number of fused-ring (bicyclic) bond motifs is 1. The van der Waals surface area contributed by atoms with E-state index in [1.54, 1.807) is 6.92 Å². The third-order valence-electron chi connectivity index (χ3n) is 2.91. The predicted octanol–water partition coefficient (Wildman–Crippen LogP) is 1.42. The molecule has 0 bridgehead atoms. The minimum Gasteiger partial charge on any atom is -0.298 e. The van der Waals surface area contributed by atoms with Gasteiger partial charge in [0.2, 0.25) is 0 Å². The van der Waals surface area contributed by atoms with Gasteiger partial charge in [0.05, 0.1) is 17.8 Å². The van der Waals surface area contributed by atoms with E-state index in [4.69, 9.17) is 0 Å². The second-order valence-corrected chi connectivity index (χ2v) is 4.35. The van der Waals surface area contributed by atoms with Crippen LogP contribution in [0, 0.1) is 13.8 Å². The van der Waals surface area contributed by atoms with E-state index in [9.17, 15) is 14.4 Å². The maximum absolute atomic E-state index is 11.9. The first-order valence-corrected chi connectivity index (χ1v) is 5.39. The van der Waals surface area contributed by atoms with Crippen molar-refractivity contribution in [1.82, 2.24) is 0 Å². The van der Waals surface area contributed by atoms with Crippen LogP contribution in [0.3, 0.4) is 0 Å². The molecule has 0 N–H and O–H groups in total. The molecular formula is C13H13NO3. The Labute approximate surface area is 99.2 Å². The highest BCUT2D eigenvalue weighted by Gasteiger charge is 2.38. The number of anilines is 1. The summed E-state index contributed by atoms with van der Waals surface area (Å²) >= 11 is 0. The molecule has 1 amide bonds. The zero-order valence-corrected chi connectivity index (χ0v) is 10.0. The Kier molecular flexibility index (Phi) is 2.58. The van der Waals surface area contributed by atoms with Gasteiger partial charge in [0.1, 0.15) is 5.78 Å². The van der Waals surface area contributed by atoms with E-state index in [1.165, 1.54) is 11.8 Å². The lowest BCUT2D eigenvalue weighted by Crippen LogP contribution is -2.34. The smallest absolute Gasteiger partial charge is 0.298 e. The lowest BCUT2D eigenvalue weighted by atomic mass is 10.0. The molecule has 1 heterocycles. The first-order chi connectivity index (χ1) is 7.93. The third-order valence-corrected chi connectivity index (χ3v) is 2.91. The number of carbonyl (C=O) groups is 3. The molecule has 1 aliphatic rings. The number of benzene rings is 1. The summed E-state index contributed by atoms with van der Waals surface area (Å²) in [7, 11) is 0. The van der Waals surface area contributed by atoms with Gasteiger partial charge in [0.15, 0.2) is 0 Å². The van der Waals surface area contributed by atoms with Crippen LogP contribution in [0.25, 0.3) is 0 Å². The first kappa shape index (κ1) is 11.5. The van der Waals surface area contributed by atoms with Gasteiger partial charge in [-0.3, -0.25) is 19.3 Å². The van der Waals surface area contributed by atoms with Gasteiger partial charge in [-0.1, -0.05) is 12.1 Å². The molecule has 17 heavy (non-hydrogen) atoms. The Morgan fingerprint density at radius 2 is 1.76 bits per heavy atom. The lowest BCUT2D eigenvalue weighted by Gasteiger charge is -2.17. The van der Waals surface area contributed by atoms with Crippen molar-refractivity contribution in [2.24, 2.45) is 0 Å². The molecule has 0 aromatic heterocycles. The van der Waals surface area contributed by atoms with Gasteiger partial charge >= 0.3 is 0 Å². The van der Waals surface area contributed by atoms with Crippen LogP contribution in [0.4, 0.5) is 5.69 Å². The van der Waals surface area contributed by atoms with Crippen molar-refractivity contribution >= 4 is 23.2 Å². The van der Waals surface area contributed by atoms with E-state index in [-0.39, 0.29) is 12.3 Å². The van der Waals surface area contributed by atoms with Crippen molar-refractivity contribution in [2.45, 2.75) is 20.8 Å². The molecule has 0 radical (unpaired) electrons. The molecule has 0 spiro atoms. The second kappa shape index (κ2) is 3.80. The summed E-state index contributed by atoms with van der Waals surface area (Å²) in [6, 6.07) is 3.67. The fourth-order valence-corrected chi connectivity index (χ4v) is 2.14. The van der Waals surface area contributed by atoms with E-state index in [0.717, 1.165) is 11.1 Å². The molecule has 0 aliphatic carbocycles. The number of rotatable bonds is 2. The van der Waals surface area contributed by atoms with Crippen LogP contribution in [0.2, 0.25) is 0 Å². The molecule has 4 heteroatoms. The maximum Gasteiger partial charge on any atom is 0.299 e. The van der Waals surface area contributed by atoms with E-state index in [1.807, 2.05) is 19.1 Å². The van der Waals surface area contributed by atoms with Crippen molar-refractivity contribution in [3.63, 3.8) is 0 Å². The lowest BCUT2D eigenvalue weighted by molar-refractivity contribution is -0.119. The summed E-state index contributed by atoms with van der Waals surface area (Å²) < 4.78 is 0. The van der Waals surface area contributed by atoms with Crippen LogP contribution >= 0.6 is 0 Å². The summed E-state index contributed by atoms with van der Waals surface area (Å²) in [6.45, 7) is 4.99. The van der Waals surface area contributed by atoms with E-state index in [2.05, 4.69) is 0 Å². The summed E-state index contributed by atoms with van der Waals surface area (Å²) in [6.07, 6.45) is 0. The van der Waals surface area contributed by atoms with Crippen molar-refractivity contribution in [2.75, 3.05) is 11.4 Å². The molecule has 0 saturated heterocycles. The Bertz CT molecular complexity index is 546. The number of aryl methyl sites for hydroxylation is 2. The van der Waals surface area contributed by atoms with Crippen LogP contribution in [-0.2, 0) is 9.59 Å². The van der Waals surface area contributed by atoms with E-state index in [0.29, 0.717) is 11.3 Å². The zero-order chi connectivity index (χ0) is 12.7. The van der Waals surface area contributed by atoms with Gasteiger partial charge in [0, 0.05) is 0 Å². The van der Waals surface area contributed by atoms with Crippen LogP contribution < -0.4 is 4.90 Å². The first-order valence-electron chi connectivity index (χ1n) is 5.39. The Morgan fingerprint density at radius 1 is 1.18 bits per heavy atom. The van der Waals surface area contributed by atoms with Crippen LogP contribution in [-0.4, -0.2) is 24.0 Å². The molecule has 0 saturated carbocycles. The molecule has 1 aromatic carbocycles. The highest BCUT2D eigenvalue weighted by atomic mass is 16.2. The van der Waals surface area contributed by atoms with Crippen molar-refractivity contribution in [3.8, 4) is 0 Å². The molecule has 2 rings (SSSR count). The number of hydrogen-bond acceptors (Lipinski definition) is 3. The zero-order valence-electron chi connectivity index (χ0n) is 10.0. The Hall–Kier alpha value is -1.97. The van der Waals surface area contributed by atoms with Gasteiger partial charge in [-0.2, -0.15) is 0 Å². The molecule has 0 unspecified atom stereocenters. The molecule has 1 aromatic rings. The molecule has 0 fully saturated rings. The number of ketones is 2. The number of hydrogen-bond donors (Lipinski definition) is 0. The highest BCUT2D eigenvalue weighted by molar-refractivity contribution is 6.53. The van der Waals surface area contributed by atoms with E-state index < -0.39 is 11.7 Å². The third kappa shape index (κ3) is 1.65. The molecule has 4 nitrogen and oxygen atoms in total. The number of carbonyl (C=O) groups excluding carboxylic acids is 3.